The molecule has 2 rings (SSSR count). The monoisotopic (exact) mass is 249 g/mol. The fourth-order valence-electron chi connectivity index (χ4n) is 1.43. The molecule has 2 N–H and O–H groups in total. The fraction of sp³-hybridized carbons (Fsp3) is 0.167. The molecule has 1 aromatic heterocycles. The Morgan fingerprint density at radius 2 is 2.00 bits per heavy atom. The van der Waals surface area contributed by atoms with E-state index in [0.717, 1.165) is 5.56 Å². The van der Waals surface area contributed by atoms with Gasteiger partial charge in [0.15, 0.2) is 5.76 Å². The van der Waals surface area contributed by atoms with Crippen LogP contribution in [0.2, 0.25) is 0 Å². The minimum absolute atomic E-state index is 0.126. The van der Waals surface area contributed by atoms with Crippen LogP contribution in [0.5, 0.6) is 0 Å². The van der Waals surface area contributed by atoms with Gasteiger partial charge in [0.1, 0.15) is 11.5 Å². The maximum absolute atomic E-state index is 13.4. The summed E-state index contributed by atoms with van der Waals surface area (Å²) in [6.07, 6.45) is 1.38. The number of nitrogens with one attached hydrogen (secondary N) is 2. The lowest BCUT2D eigenvalue weighted by atomic mass is 10.2. The third-order valence-electron chi connectivity index (χ3n) is 2.37. The van der Waals surface area contributed by atoms with Crippen molar-refractivity contribution in [3.8, 4) is 0 Å². The SMILES string of the molecule is Cc1ccc(F)c(NC(=O)Nc2cnoc2C)c1. The molecule has 1 aromatic carbocycles. The van der Waals surface area contributed by atoms with Gasteiger partial charge >= 0.3 is 6.03 Å². The molecule has 0 unspecified atom stereocenters. The summed E-state index contributed by atoms with van der Waals surface area (Å²) in [6, 6.07) is 3.93. The minimum Gasteiger partial charge on any atom is -0.359 e. The molecule has 2 amide bonds. The van der Waals surface area contributed by atoms with Crippen LogP contribution < -0.4 is 10.6 Å². The first-order chi connectivity index (χ1) is 8.56. The molecule has 0 saturated carbocycles. The molecule has 1 heterocycles. The molecule has 0 aliphatic carbocycles. The van der Waals surface area contributed by atoms with E-state index < -0.39 is 11.8 Å². The third-order valence-corrected chi connectivity index (χ3v) is 2.37. The van der Waals surface area contributed by atoms with Crippen LogP contribution in [0.15, 0.2) is 28.9 Å². The Hall–Kier alpha value is -2.37. The normalized spacial score (nSPS) is 10.2. The van der Waals surface area contributed by atoms with Gasteiger partial charge in [-0.1, -0.05) is 11.2 Å². The molecule has 0 fully saturated rings. The van der Waals surface area contributed by atoms with Crippen molar-refractivity contribution >= 4 is 17.4 Å². The summed E-state index contributed by atoms with van der Waals surface area (Å²) in [5, 5.41) is 8.46. The van der Waals surface area contributed by atoms with Crippen LogP contribution >= 0.6 is 0 Å². The summed E-state index contributed by atoms with van der Waals surface area (Å²) in [6.45, 7) is 3.47. The molecule has 0 saturated heterocycles. The van der Waals surface area contributed by atoms with Gasteiger partial charge in [0.05, 0.1) is 11.9 Å². The Kier molecular flexibility index (Phi) is 3.27. The molecule has 18 heavy (non-hydrogen) atoms. The molecule has 0 aliphatic rings. The first-order valence-electron chi connectivity index (χ1n) is 5.31. The average molecular weight is 249 g/mol. The van der Waals surface area contributed by atoms with Crippen molar-refractivity contribution in [2.24, 2.45) is 0 Å². The summed E-state index contributed by atoms with van der Waals surface area (Å²) < 4.78 is 18.2. The number of rotatable bonds is 2. The topological polar surface area (TPSA) is 67.2 Å². The van der Waals surface area contributed by atoms with E-state index in [9.17, 15) is 9.18 Å². The van der Waals surface area contributed by atoms with Crippen molar-refractivity contribution in [2.45, 2.75) is 13.8 Å². The number of hydrogen-bond acceptors (Lipinski definition) is 3. The lowest BCUT2D eigenvalue weighted by Crippen LogP contribution is -2.20. The molecule has 5 nitrogen and oxygen atoms in total. The standard InChI is InChI=1S/C12H12FN3O2/c1-7-3-4-9(13)10(5-7)15-12(17)16-11-6-14-18-8(11)2/h3-6H,1-2H3,(H2,15,16,17). The van der Waals surface area contributed by atoms with Gasteiger partial charge in [0, 0.05) is 0 Å². The summed E-state index contributed by atoms with van der Waals surface area (Å²) in [5.74, 6) is -0.00680. The van der Waals surface area contributed by atoms with Crippen molar-refractivity contribution < 1.29 is 13.7 Å². The van der Waals surface area contributed by atoms with E-state index in [1.807, 2.05) is 6.92 Å². The smallest absolute Gasteiger partial charge is 0.323 e. The molecule has 0 atom stereocenters. The van der Waals surface area contributed by atoms with E-state index in [0.29, 0.717) is 11.4 Å². The lowest BCUT2D eigenvalue weighted by Gasteiger charge is -2.07. The van der Waals surface area contributed by atoms with Crippen molar-refractivity contribution in [1.82, 2.24) is 5.16 Å². The molecule has 6 heteroatoms. The van der Waals surface area contributed by atoms with Gasteiger partial charge in [-0.05, 0) is 31.5 Å². The highest BCUT2D eigenvalue weighted by Crippen LogP contribution is 2.17. The number of benzene rings is 1. The van der Waals surface area contributed by atoms with E-state index >= 15 is 0 Å². The van der Waals surface area contributed by atoms with E-state index in [1.54, 1.807) is 19.1 Å². The molecular formula is C12H12FN3O2. The molecule has 0 bridgehead atoms. The predicted octanol–water partition coefficient (Wildman–Crippen LogP) is 3.07. The Labute approximate surface area is 103 Å². The number of carbonyl (C=O) groups excluding carboxylic acids is 1. The Morgan fingerprint density at radius 1 is 1.28 bits per heavy atom. The Balaban J connectivity index is 2.08. The van der Waals surface area contributed by atoms with Gasteiger partial charge in [-0.3, -0.25) is 0 Å². The number of carbonyl (C=O) groups is 1. The van der Waals surface area contributed by atoms with Crippen LogP contribution in [0.1, 0.15) is 11.3 Å². The van der Waals surface area contributed by atoms with Gasteiger partial charge in [-0.2, -0.15) is 0 Å². The second-order valence-electron chi connectivity index (χ2n) is 3.86. The van der Waals surface area contributed by atoms with Crippen LogP contribution in [0.3, 0.4) is 0 Å². The Morgan fingerprint density at radius 3 is 2.67 bits per heavy atom. The first kappa shape index (κ1) is 12.1. The maximum atomic E-state index is 13.4. The highest BCUT2D eigenvalue weighted by Gasteiger charge is 2.10. The second-order valence-corrected chi connectivity index (χ2v) is 3.86. The van der Waals surface area contributed by atoms with Crippen LogP contribution in [0.25, 0.3) is 0 Å². The number of urea groups is 1. The second kappa shape index (κ2) is 4.87. The lowest BCUT2D eigenvalue weighted by molar-refractivity contribution is 0.262. The molecular weight excluding hydrogens is 237 g/mol. The number of amides is 2. The molecule has 0 spiro atoms. The van der Waals surface area contributed by atoms with Crippen molar-refractivity contribution in [2.75, 3.05) is 10.6 Å². The minimum atomic E-state index is -0.550. The fourth-order valence-corrected chi connectivity index (χ4v) is 1.43. The largest absolute Gasteiger partial charge is 0.359 e. The highest BCUT2D eigenvalue weighted by molar-refractivity contribution is 6.00. The van der Waals surface area contributed by atoms with E-state index in [4.69, 9.17) is 4.52 Å². The molecule has 2 aromatic rings. The first-order valence-corrected chi connectivity index (χ1v) is 5.31. The average Bonchev–Trinajstić information content (AvgIpc) is 2.70. The predicted molar refractivity (Wildman–Crippen MR) is 65.0 cm³/mol. The summed E-state index contributed by atoms with van der Waals surface area (Å²) in [4.78, 5) is 11.6. The van der Waals surface area contributed by atoms with Crippen LogP contribution in [-0.4, -0.2) is 11.2 Å². The van der Waals surface area contributed by atoms with Crippen LogP contribution in [-0.2, 0) is 0 Å². The summed E-state index contributed by atoms with van der Waals surface area (Å²) in [7, 11) is 0. The molecule has 94 valence electrons. The number of aromatic nitrogens is 1. The van der Waals surface area contributed by atoms with Crippen LogP contribution in [0.4, 0.5) is 20.6 Å². The molecule has 0 radical (unpaired) electrons. The third kappa shape index (κ3) is 2.65. The summed E-state index contributed by atoms with van der Waals surface area (Å²) >= 11 is 0. The van der Waals surface area contributed by atoms with Crippen molar-refractivity contribution in [1.29, 1.82) is 0 Å². The zero-order chi connectivity index (χ0) is 13.1. The quantitative estimate of drug-likeness (QED) is 0.859. The Bertz CT molecular complexity index is 580. The van der Waals surface area contributed by atoms with Crippen LogP contribution in [0, 0.1) is 19.7 Å². The number of nitrogens with zero attached hydrogens (tertiary/aromatic N) is 1. The van der Waals surface area contributed by atoms with E-state index in [2.05, 4.69) is 15.8 Å². The number of anilines is 2. The van der Waals surface area contributed by atoms with Gasteiger partial charge < -0.3 is 15.2 Å². The maximum Gasteiger partial charge on any atom is 0.323 e. The van der Waals surface area contributed by atoms with Gasteiger partial charge in [0.2, 0.25) is 0 Å². The van der Waals surface area contributed by atoms with Gasteiger partial charge in [0.25, 0.3) is 0 Å². The number of hydrogen-bond donors (Lipinski definition) is 2. The molecule has 0 aliphatic heterocycles. The number of halogens is 1. The van der Waals surface area contributed by atoms with Gasteiger partial charge in [-0.25, -0.2) is 9.18 Å². The zero-order valence-electron chi connectivity index (χ0n) is 9.95. The highest BCUT2D eigenvalue weighted by atomic mass is 19.1. The van der Waals surface area contributed by atoms with Gasteiger partial charge in [-0.15, -0.1) is 0 Å². The van der Waals surface area contributed by atoms with Crippen molar-refractivity contribution in [3.05, 3.63) is 41.5 Å². The van der Waals surface area contributed by atoms with E-state index in [-0.39, 0.29) is 5.69 Å². The number of aryl methyl sites for hydroxylation is 2. The van der Waals surface area contributed by atoms with E-state index in [1.165, 1.54) is 12.3 Å². The zero-order valence-corrected chi connectivity index (χ0v) is 9.95. The summed E-state index contributed by atoms with van der Waals surface area (Å²) in [5.41, 5.74) is 1.43. The van der Waals surface area contributed by atoms with Crippen molar-refractivity contribution in [3.63, 3.8) is 0 Å².